The third-order valence-corrected chi connectivity index (χ3v) is 6.86. The summed E-state index contributed by atoms with van der Waals surface area (Å²) in [5.74, 6) is 0.480. The largest absolute Gasteiger partial charge is 0.359 e. The quantitative estimate of drug-likeness (QED) is 0.561. The number of aromatic nitrogens is 2. The SMILES string of the molecule is CCC(CC(C)Nc1ncc(-c2ccc(S(C)(=O)=O)cc2)s1)c1ccncc1. The first-order valence-electron chi connectivity index (χ1n) is 9.29. The molecule has 2 unspecified atom stereocenters. The van der Waals surface area contributed by atoms with Crippen LogP contribution in [0, 0.1) is 0 Å². The highest BCUT2D eigenvalue weighted by molar-refractivity contribution is 7.90. The average Bonchev–Trinajstić information content (AvgIpc) is 3.14. The first kappa shape index (κ1) is 20.5. The van der Waals surface area contributed by atoms with Crippen LogP contribution < -0.4 is 5.32 Å². The van der Waals surface area contributed by atoms with Crippen LogP contribution in [0.5, 0.6) is 0 Å². The first-order valence-corrected chi connectivity index (χ1v) is 12.0. The smallest absolute Gasteiger partial charge is 0.183 e. The third kappa shape index (κ3) is 5.17. The van der Waals surface area contributed by atoms with Crippen molar-refractivity contribution >= 4 is 26.3 Å². The van der Waals surface area contributed by atoms with Gasteiger partial charge >= 0.3 is 0 Å². The highest BCUT2D eigenvalue weighted by Crippen LogP contribution is 2.31. The molecule has 0 aliphatic carbocycles. The van der Waals surface area contributed by atoms with Crippen LogP contribution in [-0.4, -0.2) is 30.7 Å². The maximum absolute atomic E-state index is 11.6. The van der Waals surface area contributed by atoms with E-state index in [1.165, 1.54) is 11.8 Å². The Hall–Kier alpha value is -2.25. The van der Waals surface area contributed by atoms with Crippen molar-refractivity contribution in [2.45, 2.75) is 43.5 Å². The number of rotatable bonds is 8. The van der Waals surface area contributed by atoms with Gasteiger partial charge in [-0.25, -0.2) is 13.4 Å². The van der Waals surface area contributed by atoms with Crippen molar-refractivity contribution < 1.29 is 8.42 Å². The van der Waals surface area contributed by atoms with Crippen LogP contribution in [0.1, 0.15) is 38.2 Å². The van der Waals surface area contributed by atoms with E-state index in [4.69, 9.17) is 0 Å². The van der Waals surface area contributed by atoms with Gasteiger partial charge in [0.25, 0.3) is 0 Å². The van der Waals surface area contributed by atoms with Gasteiger partial charge in [-0.1, -0.05) is 30.4 Å². The molecular formula is C21H25N3O2S2. The van der Waals surface area contributed by atoms with Crippen LogP contribution in [0.4, 0.5) is 5.13 Å². The summed E-state index contributed by atoms with van der Waals surface area (Å²) in [6.07, 6.45) is 8.82. The Bertz CT molecular complexity index is 1000. The highest BCUT2D eigenvalue weighted by Gasteiger charge is 2.15. The third-order valence-electron chi connectivity index (χ3n) is 4.75. The maximum Gasteiger partial charge on any atom is 0.183 e. The summed E-state index contributed by atoms with van der Waals surface area (Å²) in [5, 5.41) is 4.37. The van der Waals surface area contributed by atoms with Crippen molar-refractivity contribution in [1.29, 1.82) is 0 Å². The number of anilines is 1. The van der Waals surface area contributed by atoms with Gasteiger partial charge in [0.1, 0.15) is 0 Å². The molecular weight excluding hydrogens is 390 g/mol. The van der Waals surface area contributed by atoms with E-state index in [1.807, 2.05) is 30.7 Å². The minimum absolute atomic E-state index is 0.282. The van der Waals surface area contributed by atoms with Crippen LogP contribution in [0.2, 0.25) is 0 Å². The molecule has 0 fully saturated rings. The molecule has 0 spiro atoms. The number of sulfone groups is 1. The van der Waals surface area contributed by atoms with Gasteiger partial charge in [0.15, 0.2) is 15.0 Å². The van der Waals surface area contributed by atoms with Crippen LogP contribution in [0.3, 0.4) is 0 Å². The molecule has 28 heavy (non-hydrogen) atoms. The van der Waals surface area contributed by atoms with Crippen LogP contribution in [-0.2, 0) is 9.84 Å². The Labute approximate surface area is 170 Å². The number of nitrogens with zero attached hydrogens (tertiary/aromatic N) is 2. The Morgan fingerprint density at radius 3 is 2.39 bits per heavy atom. The Morgan fingerprint density at radius 2 is 1.79 bits per heavy atom. The van der Waals surface area contributed by atoms with Gasteiger partial charge in [0, 0.05) is 30.9 Å². The van der Waals surface area contributed by atoms with Crippen LogP contribution >= 0.6 is 11.3 Å². The standard InChI is InChI=1S/C21H25N3O2S2/c1-4-16(17-9-11-22-12-10-17)13-15(2)24-21-23-14-20(27-21)18-5-7-19(8-6-18)28(3,25)26/h5-12,14-16H,4,13H2,1-3H3,(H,23,24). The van der Waals surface area contributed by atoms with Gasteiger partial charge < -0.3 is 5.32 Å². The van der Waals surface area contributed by atoms with Crippen molar-refractivity contribution in [2.24, 2.45) is 0 Å². The summed E-state index contributed by atoms with van der Waals surface area (Å²) in [7, 11) is -3.18. The van der Waals surface area contributed by atoms with Gasteiger partial charge in [-0.2, -0.15) is 0 Å². The molecule has 0 aliphatic heterocycles. The monoisotopic (exact) mass is 415 g/mol. The lowest BCUT2D eigenvalue weighted by atomic mass is 9.91. The molecule has 7 heteroatoms. The van der Waals surface area contributed by atoms with Crippen LogP contribution in [0.15, 0.2) is 59.9 Å². The number of hydrogen-bond acceptors (Lipinski definition) is 6. The lowest BCUT2D eigenvalue weighted by Gasteiger charge is -2.20. The van der Waals surface area contributed by atoms with Crippen LogP contribution in [0.25, 0.3) is 10.4 Å². The van der Waals surface area contributed by atoms with Gasteiger partial charge in [-0.3, -0.25) is 4.98 Å². The fourth-order valence-electron chi connectivity index (χ4n) is 3.21. The molecule has 0 radical (unpaired) electrons. The number of pyridine rings is 1. The average molecular weight is 416 g/mol. The van der Waals surface area contributed by atoms with Gasteiger partial charge in [-0.05, 0) is 61.1 Å². The molecule has 0 amide bonds. The summed E-state index contributed by atoms with van der Waals surface area (Å²) >= 11 is 1.58. The minimum atomic E-state index is -3.18. The Kier molecular flexibility index (Phi) is 6.46. The summed E-state index contributed by atoms with van der Waals surface area (Å²) in [6.45, 7) is 4.38. The molecule has 0 aliphatic rings. The van der Waals surface area contributed by atoms with Gasteiger partial charge in [0.05, 0.1) is 9.77 Å². The van der Waals surface area contributed by atoms with E-state index in [0.717, 1.165) is 28.4 Å². The predicted molar refractivity (Wildman–Crippen MR) is 116 cm³/mol. The number of benzene rings is 1. The van der Waals surface area contributed by atoms with E-state index in [0.29, 0.717) is 10.8 Å². The highest BCUT2D eigenvalue weighted by atomic mass is 32.2. The maximum atomic E-state index is 11.6. The van der Waals surface area contributed by atoms with E-state index in [-0.39, 0.29) is 6.04 Å². The normalized spacial score (nSPS) is 13.8. The minimum Gasteiger partial charge on any atom is -0.359 e. The van der Waals surface area contributed by atoms with E-state index in [1.54, 1.807) is 23.5 Å². The molecule has 0 saturated carbocycles. The second-order valence-corrected chi connectivity index (χ2v) is 10.0. The van der Waals surface area contributed by atoms with Crippen molar-refractivity contribution in [3.63, 3.8) is 0 Å². The second kappa shape index (κ2) is 8.84. The van der Waals surface area contributed by atoms with Crippen molar-refractivity contribution in [3.8, 4) is 10.4 Å². The molecule has 0 bridgehead atoms. The fourth-order valence-corrected chi connectivity index (χ4v) is 4.77. The van der Waals surface area contributed by atoms with E-state index < -0.39 is 9.84 Å². The molecule has 1 N–H and O–H groups in total. The molecule has 2 heterocycles. The Morgan fingerprint density at radius 1 is 1.11 bits per heavy atom. The second-order valence-electron chi connectivity index (χ2n) is 6.99. The zero-order valence-corrected chi connectivity index (χ0v) is 17.9. The van der Waals surface area contributed by atoms with E-state index >= 15 is 0 Å². The molecule has 5 nitrogen and oxygen atoms in total. The zero-order valence-electron chi connectivity index (χ0n) is 16.3. The molecule has 2 aromatic heterocycles. The summed E-state index contributed by atoms with van der Waals surface area (Å²) in [6, 6.07) is 11.4. The van der Waals surface area contributed by atoms with Crippen molar-refractivity contribution in [3.05, 3.63) is 60.6 Å². The zero-order chi connectivity index (χ0) is 20.1. The molecule has 148 valence electrons. The molecule has 3 aromatic rings. The van der Waals surface area contributed by atoms with Crippen molar-refractivity contribution in [1.82, 2.24) is 9.97 Å². The number of nitrogens with one attached hydrogen (secondary N) is 1. The molecule has 0 saturated heterocycles. The van der Waals surface area contributed by atoms with E-state index in [2.05, 4.69) is 41.3 Å². The Balaban J connectivity index is 1.65. The topological polar surface area (TPSA) is 72.0 Å². The number of thiazole rings is 1. The first-order chi connectivity index (χ1) is 13.4. The molecule has 1 aromatic carbocycles. The number of hydrogen-bond donors (Lipinski definition) is 1. The lowest BCUT2D eigenvalue weighted by Crippen LogP contribution is -2.18. The molecule has 2 atom stereocenters. The lowest BCUT2D eigenvalue weighted by molar-refractivity contribution is 0.559. The fraction of sp³-hybridized carbons (Fsp3) is 0.333. The summed E-state index contributed by atoms with van der Waals surface area (Å²) < 4.78 is 23.2. The van der Waals surface area contributed by atoms with Gasteiger partial charge in [-0.15, -0.1) is 0 Å². The van der Waals surface area contributed by atoms with E-state index in [9.17, 15) is 8.42 Å². The van der Waals surface area contributed by atoms with Gasteiger partial charge in [0.2, 0.25) is 0 Å². The molecule has 3 rings (SSSR count). The summed E-state index contributed by atoms with van der Waals surface area (Å²) in [4.78, 5) is 9.93. The van der Waals surface area contributed by atoms with Crippen molar-refractivity contribution in [2.75, 3.05) is 11.6 Å². The summed E-state index contributed by atoms with van der Waals surface area (Å²) in [5.41, 5.74) is 2.28. The predicted octanol–water partition coefficient (Wildman–Crippen LogP) is 4.99.